The Labute approximate surface area is 792 Å². The number of nitrogens with zero attached hydrogens (tertiary/aromatic N) is 9. The number of cyclic esters (lactones) is 1. The lowest BCUT2D eigenvalue weighted by Crippen LogP contribution is -2.61. The van der Waals surface area contributed by atoms with Crippen molar-refractivity contribution in [3.05, 3.63) is 126 Å². The standard InChI is InChI=1S/C100H145N13O22/c1-66-23-13-11-14-24-67(2)85(124-8)61-79-34-31-72(7)100(123,135-79)95(120)98(121)111-41-19-17-29-84(111)99(122)134-86(62-81(109-133-64-73-25-15-12-16-26-73)68(3)56-71(6)93(119)94(126-10)92(118)70(5)55-66)69(4)57-74-32-36-83(87(58-74)125-9)113-63-76(107-110-113)27-21-30-88(116)103-40-46-130-50-54-132-52-48-128-44-37-77(114)28-22-43-127-47-51-131-53-49-129-45-38-89(117)102-39-18-20-42-112-97-90(96(101)104-65-105-97)91(108-112)82-60-75-59-78(115)33-35-80(75)106-82/h11-16,23-26,33,35,56,59-60,63,65-66,68-70,72,74,79,83-87,93-94,106,115,119,123H,17-22,27-32,34,36-55,57-58,61-62,64H2,1-10H3,(H,102,117)(H,103,116)(H2,101,104,105)/b14-11+,23-13+,67-24+,71-56+,109-81-/t66-,68-,69-,70-,72-,74+,79+,83+,84+,85+,86+,87-,93-,94+,100-/m1/s1. The van der Waals surface area contributed by atoms with E-state index >= 15 is 4.79 Å². The lowest BCUT2D eigenvalue weighted by molar-refractivity contribution is -0.265. The molecule has 2 bridgehead atoms. The number of unbranched alkanes of at least 4 members (excludes halogenated alkanes) is 1. The first-order valence-electron chi connectivity index (χ1n) is 48.2. The minimum atomic E-state index is -2.48. The van der Waals surface area contributed by atoms with Crippen LogP contribution in [0.2, 0.25) is 0 Å². The van der Waals surface area contributed by atoms with Crippen LogP contribution in [0.5, 0.6) is 5.75 Å². The van der Waals surface area contributed by atoms with Gasteiger partial charge >= 0.3 is 5.97 Å². The molecule has 0 unspecified atom stereocenters. The molecule has 7 heterocycles. The number of hydrogen-bond donors (Lipinski definition) is 7. The van der Waals surface area contributed by atoms with Crippen molar-refractivity contribution in [1.29, 1.82) is 0 Å². The van der Waals surface area contributed by atoms with Gasteiger partial charge in [0.25, 0.3) is 11.7 Å². The number of allylic oxidation sites excluding steroid dienone is 6. The number of nitrogen functional groups attached to an aromatic ring is 1. The molecule has 35 heteroatoms. The first kappa shape index (κ1) is 107. The van der Waals surface area contributed by atoms with Gasteiger partial charge in [-0.25, -0.2) is 24.1 Å². The largest absolute Gasteiger partial charge is 0.508 e. The van der Waals surface area contributed by atoms with Crippen LogP contribution in [-0.4, -0.2) is 275 Å². The first-order chi connectivity index (χ1) is 65.2. The zero-order valence-electron chi connectivity index (χ0n) is 80.5. The molecule has 3 amide bonds. The molecule has 0 spiro atoms. The van der Waals surface area contributed by atoms with E-state index in [9.17, 15) is 44.1 Å². The molecule has 3 aliphatic heterocycles. The predicted molar refractivity (Wildman–Crippen MR) is 507 cm³/mol. The number of carbonyl (C=O) groups is 7. The number of nitrogens with one attached hydrogen (secondary N) is 3. The number of H-pyrrole nitrogens is 1. The van der Waals surface area contributed by atoms with E-state index in [4.69, 9.17) is 72.9 Å². The normalized spacial score (nSPS) is 25.8. The van der Waals surface area contributed by atoms with E-state index in [1.54, 1.807) is 50.9 Å². The lowest BCUT2D eigenvalue weighted by Gasteiger charge is -2.42. The SMILES string of the molecule is CO[C@H]1C[C@@H]2CC[C@@H](C)[C@@](O)(O2)C(=O)C(=O)N2CCCC[C@H]2C(=O)O[C@H]([C@H](C)C[C@@H]2CC[C@H](n3cc(CCCC(=O)NCCOCCOCCOCCC(=O)CCCOCCOCCOCCC(=O)NCCCCn4nc(-c5cc6cc(O)ccc6[nH]5)c5c(N)ncnc54)nn3)[C@H](OC)C2)C/C(=N/OCc2ccccc2)[C@H](C)/C=C(\C)[C@@H](O)[C@@H](OC)C(=O)[C@H](C)C[C@H](C)/C=C/C=C/C=C/1C. The number of esters is 1. The van der Waals surface area contributed by atoms with Gasteiger partial charge in [-0.1, -0.05) is 112 Å². The Balaban J connectivity index is 0.599. The number of amides is 3. The van der Waals surface area contributed by atoms with Crippen molar-refractivity contribution in [2.75, 3.05) is 126 Å². The zero-order chi connectivity index (χ0) is 96.6. The number of piperidine rings is 1. The van der Waals surface area contributed by atoms with Crippen LogP contribution in [-0.2, 0) is 110 Å². The number of carbonyl (C=O) groups excluding carboxylic acids is 7. The highest BCUT2D eigenvalue weighted by atomic mass is 16.6. The van der Waals surface area contributed by atoms with Gasteiger partial charge in [0.15, 0.2) is 11.4 Å². The van der Waals surface area contributed by atoms with Crippen molar-refractivity contribution in [3.63, 3.8) is 0 Å². The number of aromatic nitrogens is 8. The number of phenols is 1. The van der Waals surface area contributed by atoms with Gasteiger partial charge in [0.1, 0.15) is 60.3 Å². The van der Waals surface area contributed by atoms with Gasteiger partial charge in [0, 0.05) is 127 Å². The Morgan fingerprint density at radius 1 is 0.733 bits per heavy atom. The maximum absolute atomic E-state index is 15.3. The highest BCUT2D eigenvalue weighted by Crippen LogP contribution is 2.41. The van der Waals surface area contributed by atoms with Crippen LogP contribution in [0.4, 0.5) is 5.82 Å². The number of ketones is 3. The van der Waals surface area contributed by atoms with Crippen LogP contribution in [0.1, 0.15) is 194 Å². The van der Waals surface area contributed by atoms with Gasteiger partial charge in [0.2, 0.25) is 17.6 Å². The van der Waals surface area contributed by atoms with Gasteiger partial charge in [0.05, 0.1) is 120 Å². The summed E-state index contributed by atoms with van der Waals surface area (Å²) in [5, 5.41) is 60.3. The van der Waals surface area contributed by atoms with E-state index in [0.717, 1.165) is 52.7 Å². The number of benzene rings is 2. The van der Waals surface area contributed by atoms with Crippen LogP contribution in [0.3, 0.4) is 0 Å². The number of Topliss-reactive ketones (excluding diaryl/α,β-unsaturated/α-hetero) is 3. The number of aliphatic hydroxyl groups excluding tert-OH is 1. The maximum Gasteiger partial charge on any atom is 0.329 e. The number of methoxy groups -OCH3 is 3. The van der Waals surface area contributed by atoms with Crippen LogP contribution >= 0.6 is 0 Å². The molecule has 0 radical (unpaired) electrons. The molecule has 6 aromatic rings. The first-order valence-corrected chi connectivity index (χ1v) is 48.2. The summed E-state index contributed by atoms with van der Waals surface area (Å²) in [6.45, 7) is 18.8. The minimum absolute atomic E-state index is 0.0137. The molecule has 15 atom stereocenters. The molecule has 8 N–H and O–H groups in total. The Morgan fingerprint density at radius 3 is 2.19 bits per heavy atom. The average Bonchev–Trinajstić information content (AvgIpc) is 1.70. The van der Waals surface area contributed by atoms with Crippen molar-refractivity contribution >= 4 is 74.5 Å². The number of aryl methyl sites for hydroxylation is 2. The zero-order valence-corrected chi connectivity index (χ0v) is 80.5. The molecular weight excluding hydrogens is 1740 g/mol. The summed E-state index contributed by atoms with van der Waals surface area (Å²) in [6.07, 6.45) is 20.0. The summed E-state index contributed by atoms with van der Waals surface area (Å²) >= 11 is 0. The van der Waals surface area contributed by atoms with Crippen LogP contribution in [0.25, 0.3) is 33.3 Å². The number of hydrogen-bond acceptors (Lipinski definition) is 29. The summed E-state index contributed by atoms with van der Waals surface area (Å²) in [7, 11) is 4.68. The molecule has 10 rings (SSSR count). The molecule has 4 aromatic heterocycles. The van der Waals surface area contributed by atoms with Crippen molar-refractivity contribution in [2.24, 2.45) is 40.7 Å². The van der Waals surface area contributed by atoms with E-state index in [1.165, 1.54) is 18.3 Å². The monoisotopic (exact) mass is 1880 g/mol. The van der Waals surface area contributed by atoms with Crippen molar-refractivity contribution in [3.8, 4) is 17.1 Å². The summed E-state index contributed by atoms with van der Waals surface area (Å²) in [6, 6.07) is 15.2. The number of aromatic hydroxyl groups is 1. The molecular formula is C100H145N13O22. The molecule has 35 nitrogen and oxygen atoms in total. The van der Waals surface area contributed by atoms with Gasteiger partial charge in [-0.3, -0.25) is 28.8 Å². The third-order valence-corrected chi connectivity index (χ3v) is 25.8. The number of oxime groups is 1. The van der Waals surface area contributed by atoms with Gasteiger partial charge in [-0.2, -0.15) is 5.10 Å². The maximum atomic E-state index is 15.3. The van der Waals surface area contributed by atoms with Crippen molar-refractivity contribution in [2.45, 2.75) is 251 Å². The van der Waals surface area contributed by atoms with E-state index in [2.05, 4.69) is 35.9 Å². The minimum Gasteiger partial charge on any atom is -0.508 e. The van der Waals surface area contributed by atoms with Crippen LogP contribution < -0.4 is 16.4 Å². The Morgan fingerprint density at radius 2 is 1.45 bits per heavy atom. The van der Waals surface area contributed by atoms with E-state index in [1.807, 2.05) is 118 Å². The summed E-state index contributed by atoms with van der Waals surface area (Å²) in [5.74, 6) is -7.33. The summed E-state index contributed by atoms with van der Waals surface area (Å²) < 4.78 is 68.4. The predicted octanol–water partition coefficient (Wildman–Crippen LogP) is 11.5. The fourth-order valence-electron chi connectivity index (χ4n) is 17.9. The highest BCUT2D eigenvalue weighted by molar-refractivity contribution is 6.39. The third-order valence-electron chi connectivity index (χ3n) is 25.8. The van der Waals surface area contributed by atoms with Crippen molar-refractivity contribution in [1.82, 2.24) is 55.3 Å². The number of nitrogens with two attached hydrogens (primary N) is 1. The fraction of sp³-hybridized carbons (Fsp3) is 0.630. The number of rotatable bonds is 45. The smallest absolute Gasteiger partial charge is 0.329 e. The second-order valence-electron chi connectivity index (χ2n) is 36.2. The highest BCUT2D eigenvalue weighted by Gasteiger charge is 2.53. The number of ether oxygens (including phenoxy) is 11. The molecule has 742 valence electrons. The van der Waals surface area contributed by atoms with E-state index in [-0.39, 0.29) is 104 Å². The molecule has 4 aliphatic rings. The second-order valence-corrected chi connectivity index (χ2v) is 36.2. The molecule has 3 fully saturated rings. The number of phenolic OH excluding ortho intramolecular Hbond substituents is 1. The Bertz CT molecular complexity index is 4880. The van der Waals surface area contributed by atoms with Gasteiger partial charge in [-0.05, 0) is 169 Å². The summed E-state index contributed by atoms with van der Waals surface area (Å²) in [5.41, 5.74) is 12.5. The number of aliphatic hydroxyl groups is 2. The van der Waals surface area contributed by atoms with E-state index < -0.39 is 77.8 Å². The number of fused-ring (bicyclic) bond motifs is 5. The van der Waals surface area contributed by atoms with Crippen LogP contribution in [0, 0.1) is 35.5 Å². The second kappa shape index (κ2) is 56.1. The molecule has 2 saturated heterocycles. The summed E-state index contributed by atoms with van der Waals surface area (Å²) in [4.78, 5) is 116. The Kier molecular flexibility index (Phi) is 44.5. The third kappa shape index (κ3) is 33.2. The number of aromatic amines is 1. The average molecular weight is 1880 g/mol. The Hall–Kier alpha value is -9.89. The fourth-order valence-corrected chi connectivity index (χ4v) is 17.9. The molecule has 1 saturated carbocycles. The molecule has 2 aromatic carbocycles. The van der Waals surface area contributed by atoms with Crippen LogP contribution in [0.15, 0.2) is 120 Å². The lowest BCUT2D eigenvalue weighted by atomic mass is 9.77. The van der Waals surface area contributed by atoms with Gasteiger partial charge < -0.3 is 98.5 Å². The van der Waals surface area contributed by atoms with Crippen molar-refractivity contribution < 1.29 is 106 Å². The number of anilines is 1. The molecule has 135 heavy (non-hydrogen) atoms. The van der Waals surface area contributed by atoms with Gasteiger partial charge in [-0.15, -0.1) is 5.10 Å². The van der Waals surface area contributed by atoms with E-state index in [0.29, 0.717) is 216 Å². The topological polar surface area (TPSA) is 447 Å². The molecule has 1 aliphatic carbocycles. The quantitative estimate of drug-likeness (QED) is 0.00614.